The molecule has 0 atom stereocenters. The van der Waals surface area contributed by atoms with Crippen LogP contribution >= 0.6 is 0 Å². The number of benzene rings is 1. The number of rotatable bonds is 6. The third-order valence-corrected chi connectivity index (χ3v) is 3.24. The lowest BCUT2D eigenvalue weighted by molar-refractivity contribution is 0.407. The van der Waals surface area contributed by atoms with Gasteiger partial charge >= 0.3 is 0 Å². The van der Waals surface area contributed by atoms with Crippen molar-refractivity contribution in [2.75, 3.05) is 7.11 Å². The molecule has 0 aliphatic heterocycles. The maximum Gasteiger partial charge on any atom is 0.140 e. The lowest BCUT2D eigenvalue weighted by Gasteiger charge is -2.20. The standard InChI is InChI=1S/C16H24N4O/c1-16(2,3)18-11-15-17-12-19-20(15)10-9-13-5-7-14(21-4)8-6-13/h5-8,12,18H,9-11H2,1-4H3. The third kappa shape index (κ3) is 4.86. The molecule has 0 fully saturated rings. The fourth-order valence-corrected chi connectivity index (χ4v) is 1.98. The molecular formula is C16H24N4O. The highest BCUT2D eigenvalue weighted by atomic mass is 16.5. The Balaban J connectivity index is 1.92. The zero-order chi connectivity index (χ0) is 15.3. The number of methoxy groups -OCH3 is 1. The van der Waals surface area contributed by atoms with Crippen molar-refractivity contribution in [3.63, 3.8) is 0 Å². The van der Waals surface area contributed by atoms with Gasteiger partial charge in [-0.05, 0) is 44.9 Å². The zero-order valence-electron chi connectivity index (χ0n) is 13.3. The number of aromatic nitrogens is 3. The molecule has 1 aromatic carbocycles. The number of hydrogen-bond acceptors (Lipinski definition) is 4. The number of ether oxygens (including phenoxy) is 1. The summed E-state index contributed by atoms with van der Waals surface area (Å²) in [5.74, 6) is 1.85. The minimum atomic E-state index is 0.0762. The largest absolute Gasteiger partial charge is 0.497 e. The highest BCUT2D eigenvalue weighted by Crippen LogP contribution is 2.12. The first-order valence-corrected chi connectivity index (χ1v) is 7.22. The van der Waals surface area contributed by atoms with Crippen molar-refractivity contribution in [3.05, 3.63) is 42.0 Å². The maximum absolute atomic E-state index is 5.17. The second-order valence-electron chi connectivity index (χ2n) is 6.10. The van der Waals surface area contributed by atoms with E-state index in [4.69, 9.17) is 4.74 Å². The van der Waals surface area contributed by atoms with Crippen LogP contribution in [0.3, 0.4) is 0 Å². The van der Waals surface area contributed by atoms with Crippen molar-refractivity contribution in [2.24, 2.45) is 0 Å². The van der Waals surface area contributed by atoms with E-state index in [9.17, 15) is 0 Å². The van der Waals surface area contributed by atoms with Crippen LogP contribution in [0.15, 0.2) is 30.6 Å². The van der Waals surface area contributed by atoms with Gasteiger partial charge in [-0.15, -0.1) is 0 Å². The minimum Gasteiger partial charge on any atom is -0.497 e. The Bertz CT molecular complexity index is 554. The molecular weight excluding hydrogens is 264 g/mol. The Hall–Kier alpha value is -1.88. The van der Waals surface area contributed by atoms with Gasteiger partial charge in [-0.1, -0.05) is 12.1 Å². The Kier molecular flexibility index (Phi) is 4.96. The van der Waals surface area contributed by atoms with Crippen LogP contribution in [-0.2, 0) is 19.5 Å². The minimum absolute atomic E-state index is 0.0762. The molecule has 0 unspecified atom stereocenters. The number of nitrogens with zero attached hydrogens (tertiary/aromatic N) is 3. The topological polar surface area (TPSA) is 52.0 Å². The van der Waals surface area contributed by atoms with Gasteiger partial charge in [-0.2, -0.15) is 5.10 Å². The second-order valence-corrected chi connectivity index (χ2v) is 6.10. The molecule has 2 rings (SSSR count). The van der Waals surface area contributed by atoms with Crippen molar-refractivity contribution in [3.8, 4) is 5.75 Å². The average molecular weight is 288 g/mol. The molecule has 0 aliphatic carbocycles. The van der Waals surface area contributed by atoms with Crippen LogP contribution in [0.25, 0.3) is 0 Å². The molecule has 0 saturated heterocycles. The molecule has 114 valence electrons. The van der Waals surface area contributed by atoms with Crippen molar-refractivity contribution < 1.29 is 4.74 Å². The zero-order valence-corrected chi connectivity index (χ0v) is 13.3. The molecule has 0 aliphatic rings. The van der Waals surface area contributed by atoms with Crippen LogP contribution in [0.1, 0.15) is 32.2 Å². The number of hydrogen-bond donors (Lipinski definition) is 1. The first kappa shape index (κ1) is 15.5. The summed E-state index contributed by atoms with van der Waals surface area (Å²) in [5, 5.41) is 7.74. The van der Waals surface area contributed by atoms with Crippen molar-refractivity contribution in [1.29, 1.82) is 0 Å². The van der Waals surface area contributed by atoms with Crippen LogP contribution in [0.5, 0.6) is 5.75 Å². The van der Waals surface area contributed by atoms with Crippen LogP contribution in [0.2, 0.25) is 0 Å². The van der Waals surface area contributed by atoms with Crippen molar-refractivity contribution >= 4 is 0 Å². The molecule has 5 nitrogen and oxygen atoms in total. The van der Waals surface area contributed by atoms with Gasteiger partial charge in [0.15, 0.2) is 0 Å². The van der Waals surface area contributed by atoms with E-state index >= 15 is 0 Å². The van der Waals surface area contributed by atoms with E-state index in [-0.39, 0.29) is 5.54 Å². The Morgan fingerprint density at radius 2 is 1.90 bits per heavy atom. The summed E-state index contributed by atoms with van der Waals surface area (Å²) in [5.41, 5.74) is 1.34. The molecule has 2 aromatic rings. The van der Waals surface area contributed by atoms with Gasteiger partial charge in [0.25, 0.3) is 0 Å². The molecule has 1 heterocycles. The first-order chi connectivity index (χ1) is 9.98. The fraction of sp³-hybridized carbons (Fsp3) is 0.500. The van der Waals surface area contributed by atoms with E-state index < -0.39 is 0 Å². The average Bonchev–Trinajstić information content (AvgIpc) is 2.90. The maximum atomic E-state index is 5.17. The highest BCUT2D eigenvalue weighted by Gasteiger charge is 2.11. The SMILES string of the molecule is COc1ccc(CCn2ncnc2CNC(C)(C)C)cc1. The fourth-order valence-electron chi connectivity index (χ4n) is 1.98. The molecule has 0 saturated carbocycles. The molecule has 0 bridgehead atoms. The van der Waals surface area contributed by atoms with Gasteiger partial charge in [-0.25, -0.2) is 9.67 Å². The Morgan fingerprint density at radius 3 is 2.52 bits per heavy atom. The van der Waals surface area contributed by atoms with E-state index in [2.05, 4.69) is 48.3 Å². The van der Waals surface area contributed by atoms with E-state index in [1.165, 1.54) is 5.56 Å². The smallest absolute Gasteiger partial charge is 0.140 e. The summed E-state index contributed by atoms with van der Waals surface area (Å²) in [6.45, 7) is 7.99. The molecule has 5 heteroatoms. The predicted molar refractivity (Wildman–Crippen MR) is 83.3 cm³/mol. The van der Waals surface area contributed by atoms with Gasteiger partial charge in [0.05, 0.1) is 13.7 Å². The second kappa shape index (κ2) is 6.72. The lowest BCUT2D eigenvalue weighted by atomic mass is 10.1. The van der Waals surface area contributed by atoms with Crippen LogP contribution in [0.4, 0.5) is 0 Å². The summed E-state index contributed by atoms with van der Waals surface area (Å²) in [4.78, 5) is 4.33. The van der Waals surface area contributed by atoms with E-state index in [0.717, 1.165) is 31.1 Å². The van der Waals surface area contributed by atoms with Crippen molar-refractivity contribution in [2.45, 2.75) is 45.8 Å². The summed E-state index contributed by atoms with van der Waals surface area (Å²) in [7, 11) is 1.68. The summed E-state index contributed by atoms with van der Waals surface area (Å²) in [6, 6.07) is 8.14. The molecule has 1 aromatic heterocycles. The third-order valence-electron chi connectivity index (χ3n) is 3.24. The summed E-state index contributed by atoms with van der Waals surface area (Å²) < 4.78 is 7.13. The molecule has 1 N–H and O–H groups in total. The molecule has 0 spiro atoms. The first-order valence-electron chi connectivity index (χ1n) is 7.22. The number of aryl methyl sites for hydroxylation is 2. The monoisotopic (exact) mass is 288 g/mol. The van der Waals surface area contributed by atoms with Crippen LogP contribution in [-0.4, -0.2) is 27.4 Å². The molecule has 21 heavy (non-hydrogen) atoms. The normalized spacial score (nSPS) is 11.6. The Labute approximate surface area is 126 Å². The van der Waals surface area contributed by atoms with Crippen LogP contribution < -0.4 is 10.1 Å². The summed E-state index contributed by atoms with van der Waals surface area (Å²) >= 11 is 0. The van der Waals surface area contributed by atoms with E-state index in [0.29, 0.717) is 0 Å². The van der Waals surface area contributed by atoms with Crippen LogP contribution in [0, 0.1) is 0 Å². The number of nitrogens with one attached hydrogen (secondary N) is 1. The predicted octanol–water partition coefficient (Wildman–Crippen LogP) is 2.42. The Morgan fingerprint density at radius 1 is 1.19 bits per heavy atom. The van der Waals surface area contributed by atoms with Gasteiger partial charge in [0, 0.05) is 12.1 Å². The van der Waals surface area contributed by atoms with Crippen molar-refractivity contribution in [1.82, 2.24) is 20.1 Å². The highest BCUT2D eigenvalue weighted by molar-refractivity contribution is 5.27. The van der Waals surface area contributed by atoms with Gasteiger partial charge < -0.3 is 10.1 Å². The molecule has 0 amide bonds. The molecule has 0 radical (unpaired) electrons. The van der Waals surface area contributed by atoms with Gasteiger partial charge in [0.2, 0.25) is 0 Å². The van der Waals surface area contributed by atoms with E-state index in [1.807, 2.05) is 16.8 Å². The van der Waals surface area contributed by atoms with Gasteiger partial charge in [-0.3, -0.25) is 0 Å². The quantitative estimate of drug-likeness (QED) is 0.887. The van der Waals surface area contributed by atoms with Gasteiger partial charge in [0.1, 0.15) is 17.9 Å². The van der Waals surface area contributed by atoms with E-state index in [1.54, 1.807) is 13.4 Å². The summed E-state index contributed by atoms with van der Waals surface area (Å²) in [6.07, 6.45) is 2.55. The lowest BCUT2D eigenvalue weighted by Crippen LogP contribution is -2.36.